The highest BCUT2D eigenvalue weighted by atomic mass is 16.5. The van der Waals surface area contributed by atoms with Crippen LogP contribution in [0.2, 0.25) is 0 Å². The summed E-state index contributed by atoms with van der Waals surface area (Å²) in [6.07, 6.45) is 6.76. The van der Waals surface area contributed by atoms with E-state index in [1.54, 1.807) is 10.9 Å². The molecule has 0 amide bonds. The summed E-state index contributed by atoms with van der Waals surface area (Å²) in [4.78, 5) is 12.2. The standard InChI is InChI=1S/C13H21N3O2/c1-3-7-14-13(11-5-6-11,12(17)18-2)10-16-9-4-8-15-16/h4,8-9,11,14H,3,5-7,10H2,1-2H3. The van der Waals surface area contributed by atoms with Gasteiger partial charge >= 0.3 is 5.97 Å². The molecule has 1 aromatic heterocycles. The topological polar surface area (TPSA) is 56.2 Å². The normalized spacial score (nSPS) is 18.3. The van der Waals surface area contributed by atoms with Crippen molar-refractivity contribution in [1.82, 2.24) is 15.1 Å². The van der Waals surface area contributed by atoms with E-state index >= 15 is 0 Å². The van der Waals surface area contributed by atoms with Gasteiger partial charge in [0.05, 0.1) is 13.7 Å². The van der Waals surface area contributed by atoms with E-state index < -0.39 is 5.54 Å². The number of rotatable bonds is 7. The van der Waals surface area contributed by atoms with Crippen molar-refractivity contribution in [1.29, 1.82) is 0 Å². The molecule has 0 bridgehead atoms. The highest BCUT2D eigenvalue weighted by molar-refractivity contribution is 5.81. The monoisotopic (exact) mass is 251 g/mol. The zero-order chi connectivity index (χ0) is 13.0. The first-order valence-corrected chi connectivity index (χ1v) is 6.54. The molecule has 1 fully saturated rings. The van der Waals surface area contributed by atoms with Gasteiger partial charge in [0.25, 0.3) is 0 Å². The lowest BCUT2D eigenvalue weighted by Gasteiger charge is -2.32. The summed E-state index contributed by atoms with van der Waals surface area (Å²) in [5.41, 5.74) is -0.614. The average Bonchev–Trinajstić information content (AvgIpc) is 3.13. The quantitative estimate of drug-likeness (QED) is 0.740. The minimum Gasteiger partial charge on any atom is -0.468 e. The molecule has 1 saturated carbocycles. The molecule has 18 heavy (non-hydrogen) atoms. The van der Waals surface area contributed by atoms with Gasteiger partial charge in [-0.2, -0.15) is 5.10 Å². The van der Waals surface area contributed by atoms with Crippen molar-refractivity contribution >= 4 is 5.97 Å². The zero-order valence-corrected chi connectivity index (χ0v) is 11.1. The number of aromatic nitrogens is 2. The second-order valence-electron chi connectivity index (χ2n) is 4.87. The van der Waals surface area contributed by atoms with Crippen molar-refractivity contribution in [3.05, 3.63) is 18.5 Å². The van der Waals surface area contributed by atoms with Gasteiger partial charge in [0.2, 0.25) is 0 Å². The summed E-state index contributed by atoms with van der Waals surface area (Å²) < 4.78 is 6.82. The van der Waals surface area contributed by atoms with E-state index in [1.807, 2.05) is 12.3 Å². The summed E-state index contributed by atoms with van der Waals surface area (Å²) in [7, 11) is 1.45. The molecule has 1 atom stereocenters. The molecule has 0 aromatic carbocycles. The van der Waals surface area contributed by atoms with Crippen LogP contribution >= 0.6 is 0 Å². The number of carbonyl (C=O) groups excluding carboxylic acids is 1. The van der Waals surface area contributed by atoms with Gasteiger partial charge in [0.15, 0.2) is 0 Å². The van der Waals surface area contributed by atoms with Crippen LogP contribution in [-0.4, -0.2) is 34.9 Å². The molecular formula is C13H21N3O2. The highest BCUT2D eigenvalue weighted by Crippen LogP contribution is 2.41. The summed E-state index contributed by atoms with van der Waals surface area (Å²) >= 11 is 0. The third-order valence-corrected chi connectivity index (χ3v) is 3.48. The molecule has 100 valence electrons. The number of hydrogen-bond donors (Lipinski definition) is 1. The second kappa shape index (κ2) is 5.52. The minimum atomic E-state index is -0.614. The Morgan fingerprint density at radius 2 is 2.39 bits per heavy atom. The first kappa shape index (κ1) is 13.1. The van der Waals surface area contributed by atoms with Gasteiger partial charge in [-0.05, 0) is 37.8 Å². The Hall–Kier alpha value is -1.36. The number of nitrogens with zero attached hydrogens (tertiary/aromatic N) is 2. The Balaban J connectivity index is 2.20. The van der Waals surface area contributed by atoms with Crippen LogP contribution < -0.4 is 5.32 Å². The Morgan fingerprint density at radius 3 is 2.89 bits per heavy atom. The fourth-order valence-electron chi connectivity index (χ4n) is 2.39. The van der Waals surface area contributed by atoms with Crippen LogP contribution in [0.1, 0.15) is 26.2 Å². The molecule has 0 saturated heterocycles. The molecule has 1 aromatic rings. The van der Waals surface area contributed by atoms with E-state index in [9.17, 15) is 4.79 Å². The highest BCUT2D eigenvalue weighted by Gasteiger charge is 2.52. The molecule has 5 heteroatoms. The molecule has 1 aliphatic rings. The predicted octanol–water partition coefficient (Wildman–Crippen LogP) is 1.20. The van der Waals surface area contributed by atoms with Crippen molar-refractivity contribution in [3.8, 4) is 0 Å². The van der Waals surface area contributed by atoms with E-state index in [1.165, 1.54) is 7.11 Å². The maximum Gasteiger partial charge on any atom is 0.328 e. The third-order valence-electron chi connectivity index (χ3n) is 3.48. The van der Waals surface area contributed by atoms with Crippen LogP contribution in [0.25, 0.3) is 0 Å². The maximum atomic E-state index is 12.2. The first-order chi connectivity index (χ1) is 8.73. The Kier molecular flexibility index (Phi) is 4.01. The summed E-state index contributed by atoms with van der Waals surface area (Å²) in [5.74, 6) is 0.189. The second-order valence-corrected chi connectivity index (χ2v) is 4.87. The molecule has 1 unspecified atom stereocenters. The van der Waals surface area contributed by atoms with E-state index in [0.717, 1.165) is 25.8 Å². The molecule has 1 heterocycles. The number of ether oxygens (including phenoxy) is 1. The van der Waals surface area contributed by atoms with Crippen molar-refractivity contribution in [2.45, 2.75) is 38.3 Å². The van der Waals surface area contributed by atoms with Gasteiger partial charge in [-0.1, -0.05) is 6.92 Å². The van der Waals surface area contributed by atoms with Crippen LogP contribution in [0, 0.1) is 5.92 Å². The molecule has 2 rings (SSSR count). The van der Waals surface area contributed by atoms with Crippen molar-refractivity contribution in [3.63, 3.8) is 0 Å². The first-order valence-electron chi connectivity index (χ1n) is 6.54. The number of hydrogen-bond acceptors (Lipinski definition) is 4. The van der Waals surface area contributed by atoms with E-state index in [2.05, 4.69) is 17.3 Å². The SMILES string of the molecule is CCCNC(Cn1cccn1)(C(=O)OC)C1CC1. The van der Waals surface area contributed by atoms with Crippen molar-refractivity contribution in [2.75, 3.05) is 13.7 Å². The lowest BCUT2D eigenvalue weighted by atomic mass is 9.92. The predicted molar refractivity (Wildman–Crippen MR) is 68.0 cm³/mol. The van der Waals surface area contributed by atoms with Crippen LogP contribution in [0.15, 0.2) is 18.5 Å². The van der Waals surface area contributed by atoms with Crippen LogP contribution in [-0.2, 0) is 16.1 Å². The summed E-state index contributed by atoms with van der Waals surface area (Å²) in [6, 6.07) is 1.87. The van der Waals surface area contributed by atoms with E-state index in [4.69, 9.17) is 4.74 Å². The molecule has 0 aliphatic heterocycles. The van der Waals surface area contributed by atoms with Gasteiger partial charge in [0.1, 0.15) is 5.54 Å². The van der Waals surface area contributed by atoms with Crippen molar-refractivity contribution < 1.29 is 9.53 Å². The number of methoxy groups -OCH3 is 1. The van der Waals surface area contributed by atoms with Gasteiger partial charge in [0, 0.05) is 12.4 Å². The van der Waals surface area contributed by atoms with Gasteiger partial charge in [-0.3, -0.25) is 4.68 Å². The fourth-order valence-corrected chi connectivity index (χ4v) is 2.39. The molecule has 1 N–H and O–H groups in total. The van der Waals surface area contributed by atoms with Gasteiger partial charge in [-0.25, -0.2) is 4.79 Å². The van der Waals surface area contributed by atoms with Crippen LogP contribution in [0.5, 0.6) is 0 Å². The molecule has 0 spiro atoms. The maximum absolute atomic E-state index is 12.2. The Morgan fingerprint density at radius 1 is 1.61 bits per heavy atom. The fraction of sp³-hybridized carbons (Fsp3) is 0.692. The van der Waals surface area contributed by atoms with E-state index in [0.29, 0.717) is 12.5 Å². The van der Waals surface area contributed by atoms with Crippen LogP contribution in [0.3, 0.4) is 0 Å². The Labute approximate surface area is 108 Å². The lowest BCUT2D eigenvalue weighted by Crippen LogP contribution is -2.57. The van der Waals surface area contributed by atoms with Gasteiger partial charge < -0.3 is 10.1 Å². The Bertz CT molecular complexity index is 387. The summed E-state index contributed by atoms with van der Waals surface area (Å²) in [5, 5.41) is 7.60. The van der Waals surface area contributed by atoms with Gasteiger partial charge in [-0.15, -0.1) is 0 Å². The molecule has 5 nitrogen and oxygen atoms in total. The molecular weight excluding hydrogens is 230 g/mol. The number of carbonyl (C=O) groups is 1. The number of nitrogens with one attached hydrogen (secondary N) is 1. The van der Waals surface area contributed by atoms with Crippen molar-refractivity contribution in [2.24, 2.45) is 5.92 Å². The largest absolute Gasteiger partial charge is 0.468 e. The minimum absolute atomic E-state index is 0.172. The average molecular weight is 251 g/mol. The number of esters is 1. The third kappa shape index (κ3) is 2.56. The smallest absolute Gasteiger partial charge is 0.328 e. The lowest BCUT2D eigenvalue weighted by molar-refractivity contribution is -0.150. The molecule has 0 radical (unpaired) electrons. The molecule has 1 aliphatic carbocycles. The van der Waals surface area contributed by atoms with E-state index in [-0.39, 0.29) is 5.97 Å². The van der Waals surface area contributed by atoms with Crippen LogP contribution in [0.4, 0.5) is 0 Å². The zero-order valence-electron chi connectivity index (χ0n) is 11.1. The summed E-state index contributed by atoms with van der Waals surface area (Å²) in [6.45, 7) is 3.44.